The summed E-state index contributed by atoms with van der Waals surface area (Å²) in [5, 5.41) is 9.53. The third-order valence-corrected chi connectivity index (χ3v) is 3.74. The van der Waals surface area contributed by atoms with Gasteiger partial charge in [-0.15, -0.1) is 0 Å². The van der Waals surface area contributed by atoms with Crippen LogP contribution >= 0.6 is 0 Å². The van der Waals surface area contributed by atoms with Gasteiger partial charge in [-0.1, -0.05) is 6.07 Å². The Morgan fingerprint density at radius 2 is 2.05 bits per heavy atom. The summed E-state index contributed by atoms with van der Waals surface area (Å²) in [4.78, 5) is 13.9. The molecule has 1 fully saturated rings. The first-order chi connectivity index (χ1) is 9.58. The molecule has 0 bridgehead atoms. The Balaban J connectivity index is 1.91. The van der Waals surface area contributed by atoms with Crippen LogP contribution in [0, 0.1) is 6.92 Å². The van der Waals surface area contributed by atoms with Gasteiger partial charge in [0.15, 0.2) is 6.61 Å². The normalized spacial score (nSPS) is 16.9. The lowest BCUT2D eigenvalue weighted by molar-refractivity contribution is -0.134. The van der Waals surface area contributed by atoms with Crippen LogP contribution in [0.4, 0.5) is 0 Å². The highest BCUT2D eigenvalue weighted by Gasteiger charge is 2.17. The van der Waals surface area contributed by atoms with Crippen molar-refractivity contribution in [3.05, 3.63) is 29.3 Å². The van der Waals surface area contributed by atoms with Gasteiger partial charge in [-0.2, -0.15) is 0 Å². The molecule has 4 nitrogen and oxygen atoms in total. The predicted octanol–water partition coefficient (Wildman–Crippen LogP) is 2.44. The first kappa shape index (κ1) is 14.9. The molecule has 2 rings (SSSR count). The van der Waals surface area contributed by atoms with Crippen LogP contribution in [0.3, 0.4) is 0 Å². The van der Waals surface area contributed by atoms with Crippen LogP contribution in [0.15, 0.2) is 18.2 Å². The molecule has 4 heteroatoms. The Bertz CT molecular complexity index is 465. The summed E-state index contributed by atoms with van der Waals surface area (Å²) < 4.78 is 5.61. The molecule has 1 heterocycles. The molecule has 0 radical (unpaired) electrons. The molecule has 1 atom stereocenters. The maximum absolute atomic E-state index is 12.0. The third-order valence-electron chi connectivity index (χ3n) is 3.74. The number of nitrogens with zero attached hydrogens (tertiary/aromatic N) is 1. The molecule has 1 aliphatic heterocycles. The first-order valence-corrected chi connectivity index (χ1v) is 7.27. The number of aryl methyl sites for hydroxylation is 1. The van der Waals surface area contributed by atoms with Crippen molar-refractivity contribution in [1.29, 1.82) is 0 Å². The number of rotatable bonds is 4. The van der Waals surface area contributed by atoms with Crippen LogP contribution in [0.5, 0.6) is 5.75 Å². The second-order valence-electron chi connectivity index (χ2n) is 5.43. The van der Waals surface area contributed by atoms with Crippen LogP contribution in [0.1, 0.15) is 43.4 Å². The van der Waals surface area contributed by atoms with Gasteiger partial charge in [0.2, 0.25) is 0 Å². The fourth-order valence-electron chi connectivity index (χ4n) is 2.47. The molecule has 1 aromatic rings. The van der Waals surface area contributed by atoms with E-state index in [0.717, 1.165) is 37.1 Å². The Labute approximate surface area is 120 Å². The molecule has 1 aliphatic rings. The summed E-state index contributed by atoms with van der Waals surface area (Å²) in [6.07, 6.45) is 2.91. The molecule has 20 heavy (non-hydrogen) atoms. The van der Waals surface area contributed by atoms with Gasteiger partial charge in [0.05, 0.1) is 6.10 Å². The van der Waals surface area contributed by atoms with Crippen molar-refractivity contribution in [1.82, 2.24) is 4.90 Å². The lowest BCUT2D eigenvalue weighted by Crippen LogP contribution is -2.38. The van der Waals surface area contributed by atoms with Gasteiger partial charge in [0, 0.05) is 13.1 Å². The van der Waals surface area contributed by atoms with Crippen LogP contribution < -0.4 is 4.74 Å². The molecule has 1 saturated heterocycles. The zero-order chi connectivity index (χ0) is 14.5. The van der Waals surface area contributed by atoms with E-state index in [4.69, 9.17) is 4.74 Å². The number of piperidine rings is 1. The number of ether oxygens (including phenoxy) is 1. The molecule has 0 spiro atoms. The summed E-state index contributed by atoms with van der Waals surface area (Å²) in [5.74, 6) is 0.767. The van der Waals surface area contributed by atoms with Crippen molar-refractivity contribution in [2.24, 2.45) is 0 Å². The fraction of sp³-hybridized carbons (Fsp3) is 0.562. The zero-order valence-electron chi connectivity index (χ0n) is 12.3. The van der Waals surface area contributed by atoms with Gasteiger partial charge < -0.3 is 14.7 Å². The second kappa shape index (κ2) is 6.75. The molecular weight excluding hydrogens is 254 g/mol. The summed E-state index contributed by atoms with van der Waals surface area (Å²) >= 11 is 0. The molecule has 0 aliphatic carbocycles. The Morgan fingerprint density at radius 1 is 1.35 bits per heavy atom. The molecular formula is C16H23NO3. The minimum atomic E-state index is -0.488. The van der Waals surface area contributed by atoms with Gasteiger partial charge in [0.25, 0.3) is 5.91 Å². The first-order valence-electron chi connectivity index (χ1n) is 7.27. The Hall–Kier alpha value is -1.55. The van der Waals surface area contributed by atoms with Gasteiger partial charge in [-0.05, 0) is 56.4 Å². The van der Waals surface area contributed by atoms with Gasteiger partial charge >= 0.3 is 0 Å². The van der Waals surface area contributed by atoms with E-state index in [1.54, 1.807) is 6.92 Å². The number of hydrogen-bond donors (Lipinski definition) is 1. The number of benzene rings is 1. The maximum atomic E-state index is 12.0. The molecule has 1 N–H and O–H groups in total. The van der Waals surface area contributed by atoms with E-state index in [9.17, 15) is 9.90 Å². The largest absolute Gasteiger partial charge is 0.484 e. The lowest BCUT2D eigenvalue weighted by Gasteiger charge is -2.26. The monoisotopic (exact) mass is 277 g/mol. The van der Waals surface area contributed by atoms with Gasteiger partial charge in [-0.3, -0.25) is 4.79 Å². The molecule has 0 unspecified atom stereocenters. The average Bonchev–Trinajstić information content (AvgIpc) is 2.46. The minimum Gasteiger partial charge on any atom is -0.484 e. The van der Waals surface area contributed by atoms with Crippen molar-refractivity contribution in [2.75, 3.05) is 19.7 Å². The van der Waals surface area contributed by atoms with Crippen LogP contribution in [-0.4, -0.2) is 35.6 Å². The molecule has 110 valence electrons. The van der Waals surface area contributed by atoms with Crippen molar-refractivity contribution in [3.8, 4) is 5.75 Å². The van der Waals surface area contributed by atoms with E-state index in [1.807, 2.05) is 30.0 Å². The number of carbonyl (C=O) groups excluding carboxylic acids is 1. The summed E-state index contributed by atoms with van der Waals surface area (Å²) in [6.45, 7) is 5.45. The smallest absolute Gasteiger partial charge is 0.260 e. The fourth-order valence-corrected chi connectivity index (χ4v) is 2.47. The van der Waals surface area contributed by atoms with E-state index < -0.39 is 6.10 Å². The number of likely N-dealkylation sites (tertiary alicyclic amines) is 1. The Morgan fingerprint density at radius 3 is 2.65 bits per heavy atom. The number of aliphatic hydroxyl groups excluding tert-OH is 1. The average molecular weight is 277 g/mol. The zero-order valence-corrected chi connectivity index (χ0v) is 12.3. The highest BCUT2D eigenvalue weighted by Crippen LogP contribution is 2.22. The predicted molar refractivity (Wildman–Crippen MR) is 77.7 cm³/mol. The van der Waals surface area contributed by atoms with Crippen LogP contribution in [0.25, 0.3) is 0 Å². The van der Waals surface area contributed by atoms with E-state index in [1.165, 1.54) is 6.42 Å². The van der Waals surface area contributed by atoms with Crippen molar-refractivity contribution >= 4 is 5.91 Å². The lowest BCUT2D eigenvalue weighted by atomic mass is 10.1. The van der Waals surface area contributed by atoms with Crippen molar-refractivity contribution in [2.45, 2.75) is 39.2 Å². The molecule has 0 aromatic heterocycles. The van der Waals surface area contributed by atoms with E-state index >= 15 is 0 Å². The molecule has 1 amide bonds. The van der Waals surface area contributed by atoms with E-state index in [2.05, 4.69) is 0 Å². The van der Waals surface area contributed by atoms with E-state index in [-0.39, 0.29) is 12.5 Å². The van der Waals surface area contributed by atoms with Gasteiger partial charge in [-0.25, -0.2) is 0 Å². The number of amides is 1. The topological polar surface area (TPSA) is 49.8 Å². The quantitative estimate of drug-likeness (QED) is 0.919. The molecule has 0 saturated carbocycles. The standard InChI is InChI=1S/C16H23NO3/c1-12-10-14(13(2)18)6-7-15(12)20-11-16(19)17-8-4-3-5-9-17/h6-7,10,13,18H,3-5,8-9,11H2,1-2H3/t13-/m0/s1. The van der Waals surface area contributed by atoms with Crippen molar-refractivity contribution in [3.63, 3.8) is 0 Å². The van der Waals surface area contributed by atoms with Crippen LogP contribution in [-0.2, 0) is 4.79 Å². The highest BCUT2D eigenvalue weighted by molar-refractivity contribution is 5.77. The summed E-state index contributed by atoms with van der Waals surface area (Å²) in [6, 6.07) is 5.55. The highest BCUT2D eigenvalue weighted by atomic mass is 16.5. The van der Waals surface area contributed by atoms with Crippen molar-refractivity contribution < 1.29 is 14.6 Å². The summed E-state index contributed by atoms with van der Waals surface area (Å²) in [5.41, 5.74) is 1.80. The SMILES string of the molecule is Cc1cc([C@H](C)O)ccc1OCC(=O)N1CCCCC1. The summed E-state index contributed by atoms with van der Waals surface area (Å²) in [7, 11) is 0. The maximum Gasteiger partial charge on any atom is 0.260 e. The van der Waals surface area contributed by atoms with E-state index in [0.29, 0.717) is 5.75 Å². The second-order valence-corrected chi connectivity index (χ2v) is 5.43. The minimum absolute atomic E-state index is 0.0590. The van der Waals surface area contributed by atoms with Crippen LogP contribution in [0.2, 0.25) is 0 Å². The number of hydrogen-bond acceptors (Lipinski definition) is 3. The number of aliphatic hydroxyl groups is 1. The molecule has 1 aromatic carbocycles. The third kappa shape index (κ3) is 3.73. The Kier molecular flexibility index (Phi) is 5.01. The van der Waals surface area contributed by atoms with Gasteiger partial charge in [0.1, 0.15) is 5.75 Å². The number of carbonyl (C=O) groups is 1.